The molecule has 2 heterocycles. The largest absolute Gasteiger partial charge is 0.388 e. The summed E-state index contributed by atoms with van der Waals surface area (Å²) in [5.74, 6) is -0.0787. The fourth-order valence-corrected chi connectivity index (χ4v) is 5.72. The van der Waals surface area contributed by atoms with Gasteiger partial charge in [0.15, 0.2) is 0 Å². The van der Waals surface area contributed by atoms with Gasteiger partial charge in [-0.05, 0) is 50.7 Å². The number of hydrogen-bond acceptors (Lipinski definition) is 5. The van der Waals surface area contributed by atoms with Crippen LogP contribution in [0.2, 0.25) is 0 Å². The summed E-state index contributed by atoms with van der Waals surface area (Å²) >= 11 is 0. The molecule has 2 N–H and O–H groups in total. The van der Waals surface area contributed by atoms with E-state index in [2.05, 4.69) is 10.3 Å². The number of nitrogens with zero attached hydrogens (tertiary/aromatic N) is 2. The second-order valence-electron chi connectivity index (χ2n) is 8.28. The lowest BCUT2D eigenvalue weighted by atomic mass is 9.78. The molecule has 2 aliphatic rings. The minimum Gasteiger partial charge on any atom is -0.388 e. The van der Waals surface area contributed by atoms with E-state index in [0.717, 1.165) is 25.7 Å². The van der Waals surface area contributed by atoms with Gasteiger partial charge in [0.05, 0.1) is 5.60 Å². The number of carbonyl (C=O) groups is 1. The van der Waals surface area contributed by atoms with Crippen LogP contribution < -0.4 is 5.32 Å². The number of pyridine rings is 1. The molecule has 156 valence electrons. The van der Waals surface area contributed by atoms with E-state index in [9.17, 15) is 18.3 Å². The number of carbonyl (C=O) groups excluding carboxylic acids is 1. The predicted octanol–water partition coefficient (Wildman–Crippen LogP) is 1.93. The highest BCUT2D eigenvalue weighted by Gasteiger charge is 2.35. The van der Waals surface area contributed by atoms with Crippen molar-refractivity contribution in [2.75, 3.05) is 19.6 Å². The molecule has 1 saturated heterocycles. The lowest BCUT2D eigenvalue weighted by molar-refractivity contribution is -0.128. The molecular weight excluding hydrogens is 378 g/mol. The van der Waals surface area contributed by atoms with Gasteiger partial charge in [-0.2, -0.15) is 4.31 Å². The number of nitrogens with one attached hydrogen (secondary N) is 1. The Morgan fingerprint density at radius 1 is 1.25 bits per heavy atom. The monoisotopic (exact) mass is 409 g/mol. The quantitative estimate of drug-likeness (QED) is 0.748. The average molecular weight is 410 g/mol. The van der Waals surface area contributed by atoms with E-state index < -0.39 is 15.6 Å². The van der Waals surface area contributed by atoms with E-state index in [-0.39, 0.29) is 29.2 Å². The Bertz CT molecular complexity index is 753. The molecule has 1 aliphatic heterocycles. The molecule has 1 atom stereocenters. The van der Waals surface area contributed by atoms with Crippen molar-refractivity contribution >= 4 is 15.9 Å². The first-order chi connectivity index (χ1) is 13.3. The van der Waals surface area contributed by atoms with Crippen LogP contribution in [0, 0.1) is 11.8 Å². The molecule has 7 nitrogen and oxygen atoms in total. The SMILES string of the molecule is C[C@](O)(CNC(=O)C1CCN(S(=O)(=O)c2cccnc2)CC1)C1CCCCC1. The number of amides is 1. The summed E-state index contributed by atoms with van der Waals surface area (Å²) in [7, 11) is -3.56. The molecule has 3 rings (SSSR count). The number of hydrogen-bond donors (Lipinski definition) is 2. The molecule has 0 radical (unpaired) electrons. The van der Waals surface area contributed by atoms with Crippen LogP contribution in [0.3, 0.4) is 0 Å². The highest BCUT2D eigenvalue weighted by Crippen LogP contribution is 2.32. The van der Waals surface area contributed by atoms with Crippen LogP contribution in [0.1, 0.15) is 51.9 Å². The van der Waals surface area contributed by atoms with Gasteiger partial charge in [0.1, 0.15) is 4.90 Å². The van der Waals surface area contributed by atoms with Gasteiger partial charge in [-0.25, -0.2) is 8.42 Å². The number of rotatable bonds is 6. The third-order valence-corrected chi connectivity index (χ3v) is 8.08. The van der Waals surface area contributed by atoms with Crippen LogP contribution in [-0.4, -0.2) is 54.0 Å². The zero-order valence-corrected chi connectivity index (χ0v) is 17.3. The Hall–Kier alpha value is -1.51. The second-order valence-corrected chi connectivity index (χ2v) is 10.2. The Morgan fingerprint density at radius 2 is 1.93 bits per heavy atom. The lowest BCUT2D eigenvalue weighted by Gasteiger charge is -2.36. The van der Waals surface area contributed by atoms with Gasteiger partial charge in [0.2, 0.25) is 15.9 Å². The van der Waals surface area contributed by atoms with Crippen LogP contribution >= 0.6 is 0 Å². The number of aliphatic hydroxyl groups is 1. The normalized spacial score (nSPS) is 22.5. The third-order valence-electron chi connectivity index (χ3n) is 6.20. The van der Waals surface area contributed by atoms with Gasteiger partial charge in [-0.15, -0.1) is 0 Å². The second kappa shape index (κ2) is 8.88. The fraction of sp³-hybridized carbons (Fsp3) is 0.700. The average Bonchev–Trinajstić information content (AvgIpc) is 2.73. The van der Waals surface area contributed by atoms with E-state index in [1.807, 2.05) is 6.92 Å². The summed E-state index contributed by atoms with van der Waals surface area (Å²) in [6, 6.07) is 3.14. The molecule has 0 aromatic carbocycles. The van der Waals surface area contributed by atoms with Gasteiger partial charge < -0.3 is 10.4 Å². The topological polar surface area (TPSA) is 99.6 Å². The first-order valence-electron chi connectivity index (χ1n) is 10.2. The molecule has 2 fully saturated rings. The molecule has 0 bridgehead atoms. The Balaban J connectivity index is 1.50. The van der Waals surface area contributed by atoms with Crippen LogP contribution in [0.25, 0.3) is 0 Å². The van der Waals surface area contributed by atoms with Crippen LogP contribution in [0.5, 0.6) is 0 Å². The Labute approximate surface area is 167 Å². The third kappa shape index (κ3) is 4.90. The van der Waals surface area contributed by atoms with E-state index >= 15 is 0 Å². The molecule has 1 aromatic heterocycles. The van der Waals surface area contributed by atoms with E-state index in [1.165, 1.54) is 29.2 Å². The molecule has 0 unspecified atom stereocenters. The Kier molecular flexibility index (Phi) is 6.73. The zero-order valence-electron chi connectivity index (χ0n) is 16.5. The minimum absolute atomic E-state index is 0.0884. The van der Waals surface area contributed by atoms with Crippen molar-refractivity contribution in [1.82, 2.24) is 14.6 Å². The first kappa shape index (κ1) is 21.2. The van der Waals surface area contributed by atoms with Crippen LogP contribution in [0.15, 0.2) is 29.4 Å². The van der Waals surface area contributed by atoms with E-state index in [1.54, 1.807) is 6.07 Å². The summed E-state index contributed by atoms with van der Waals surface area (Å²) in [5.41, 5.74) is -0.888. The summed E-state index contributed by atoms with van der Waals surface area (Å²) in [6.07, 6.45) is 9.37. The van der Waals surface area contributed by atoms with Crippen LogP contribution in [0.4, 0.5) is 0 Å². The zero-order chi connectivity index (χ0) is 20.2. The van der Waals surface area contributed by atoms with Crippen molar-refractivity contribution in [3.63, 3.8) is 0 Å². The summed E-state index contributed by atoms with van der Waals surface area (Å²) < 4.78 is 26.7. The number of aromatic nitrogens is 1. The number of sulfonamides is 1. The molecule has 8 heteroatoms. The highest BCUT2D eigenvalue weighted by atomic mass is 32.2. The Morgan fingerprint density at radius 3 is 2.54 bits per heavy atom. The number of piperidine rings is 1. The summed E-state index contributed by atoms with van der Waals surface area (Å²) in [4.78, 5) is 16.6. The summed E-state index contributed by atoms with van der Waals surface area (Å²) in [6.45, 7) is 2.69. The van der Waals surface area contributed by atoms with Gasteiger partial charge in [-0.1, -0.05) is 19.3 Å². The predicted molar refractivity (Wildman–Crippen MR) is 106 cm³/mol. The van der Waals surface area contributed by atoms with E-state index in [0.29, 0.717) is 25.9 Å². The molecule has 1 aromatic rings. The maximum absolute atomic E-state index is 12.6. The molecule has 1 amide bonds. The maximum atomic E-state index is 12.6. The molecule has 1 aliphatic carbocycles. The standard InChI is InChI=1S/C20H31N3O4S/c1-20(25,17-6-3-2-4-7-17)15-22-19(24)16-9-12-23(13-10-16)28(26,27)18-8-5-11-21-14-18/h5,8,11,14,16-17,25H,2-4,6-7,9-10,12-13,15H2,1H3,(H,22,24)/t20-/m0/s1. The van der Waals surface area contributed by atoms with Gasteiger partial charge in [-0.3, -0.25) is 9.78 Å². The van der Waals surface area contributed by atoms with E-state index in [4.69, 9.17) is 0 Å². The van der Waals surface area contributed by atoms with Gasteiger partial charge in [0.25, 0.3) is 0 Å². The molecule has 1 saturated carbocycles. The van der Waals surface area contributed by atoms with Crippen molar-refractivity contribution in [3.8, 4) is 0 Å². The lowest BCUT2D eigenvalue weighted by Crippen LogP contribution is -2.49. The maximum Gasteiger partial charge on any atom is 0.244 e. The minimum atomic E-state index is -3.56. The van der Waals surface area contributed by atoms with Crippen molar-refractivity contribution in [2.24, 2.45) is 11.8 Å². The van der Waals surface area contributed by atoms with Crippen molar-refractivity contribution in [2.45, 2.75) is 62.4 Å². The first-order valence-corrected chi connectivity index (χ1v) is 11.6. The van der Waals surface area contributed by atoms with Crippen molar-refractivity contribution in [3.05, 3.63) is 24.5 Å². The van der Waals surface area contributed by atoms with Crippen LogP contribution in [-0.2, 0) is 14.8 Å². The molecule has 0 spiro atoms. The van der Waals surface area contributed by atoms with Crippen molar-refractivity contribution < 1.29 is 18.3 Å². The smallest absolute Gasteiger partial charge is 0.244 e. The summed E-state index contributed by atoms with van der Waals surface area (Å²) in [5, 5.41) is 13.7. The fourth-order valence-electron chi connectivity index (χ4n) is 4.29. The molecular formula is C20H31N3O4S. The molecule has 28 heavy (non-hydrogen) atoms. The van der Waals surface area contributed by atoms with Gasteiger partial charge >= 0.3 is 0 Å². The van der Waals surface area contributed by atoms with Gasteiger partial charge in [0, 0.05) is 37.9 Å². The highest BCUT2D eigenvalue weighted by molar-refractivity contribution is 7.89. The van der Waals surface area contributed by atoms with Crippen molar-refractivity contribution in [1.29, 1.82) is 0 Å².